The maximum atomic E-state index is 15.4. The third-order valence-electron chi connectivity index (χ3n) is 8.58. The molecule has 3 saturated heterocycles. The number of methoxy groups -OCH3 is 1. The highest BCUT2D eigenvalue weighted by Gasteiger charge is 2.37. The Morgan fingerprint density at radius 1 is 1.04 bits per heavy atom. The van der Waals surface area contributed by atoms with Crippen molar-refractivity contribution in [1.82, 2.24) is 24.8 Å². The van der Waals surface area contributed by atoms with Gasteiger partial charge in [-0.25, -0.2) is 19.3 Å². The molecule has 2 aromatic carbocycles. The Hall–Kier alpha value is -5.08. The summed E-state index contributed by atoms with van der Waals surface area (Å²) in [5.41, 5.74) is 1.60. The second-order valence-corrected chi connectivity index (χ2v) is 11.5. The van der Waals surface area contributed by atoms with Crippen molar-refractivity contribution in [3.05, 3.63) is 67.4 Å². The van der Waals surface area contributed by atoms with E-state index < -0.39 is 5.82 Å². The third kappa shape index (κ3) is 6.60. The van der Waals surface area contributed by atoms with Crippen molar-refractivity contribution in [3.8, 4) is 17.4 Å². The summed E-state index contributed by atoms with van der Waals surface area (Å²) in [5.74, 6) is 1.53. The summed E-state index contributed by atoms with van der Waals surface area (Å²) in [7, 11) is 1.60. The summed E-state index contributed by atoms with van der Waals surface area (Å²) in [6.45, 7) is 7.27. The minimum absolute atomic E-state index is 0.0122. The molecule has 3 aliphatic heterocycles. The minimum Gasteiger partial charge on any atom is -0.495 e. The van der Waals surface area contributed by atoms with Crippen molar-refractivity contribution < 1.29 is 28.1 Å². The average molecular weight is 643 g/mol. The summed E-state index contributed by atoms with van der Waals surface area (Å²) < 4.78 is 38.6. The van der Waals surface area contributed by atoms with E-state index in [0.29, 0.717) is 73.7 Å². The zero-order valence-corrected chi connectivity index (χ0v) is 25.9. The number of piperidine rings is 1. The van der Waals surface area contributed by atoms with Gasteiger partial charge < -0.3 is 39.4 Å². The second kappa shape index (κ2) is 13.3. The number of benzene rings is 2. The van der Waals surface area contributed by atoms with Gasteiger partial charge in [-0.3, -0.25) is 4.79 Å². The number of carbonyl (C=O) groups excluding carboxylic acids is 1. The van der Waals surface area contributed by atoms with Crippen molar-refractivity contribution in [2.24, 2.45) is 0 Å². The SMILES string of the molecule is C=CC(=O)N1CCC(Nc2cc3c(Nc4ccc(Oc5ccnc(N6C[C@@H]7OCCO[C@@H]7C6)n5)cc4F)ncnc3cc2OC)CC1. The Morgan fingerprint density at radius 3 is 2.55 bits per heavy atom. The van der Waals surface area contributed by atoms with E-state index >= 15 is 4.39 Å². The number of amides is 1. The van der Waals surface area contributed by atoms with Gasteiger partial charge in [0.1, 0.15) is 41.7 Å². The highest BCUT2D eigenvalue weighted by atomic mass is 19.1. The Balaban J connectivity index is 1.05. The van der Waals surface area contributed by atoms with Crippen LogP contribution in [0.5, 0.6) is 17.4 Å². The first kappa shape index (κ1) is 30.6. The molecule has 0 radical (unpaired) electrons. The van der Waals surface area contributed by atoms with Gasteiger partial charge in [-0.05, 0) is 37.1 Å². The number of ether oxygens (including phenoxy) is 4. The zero-order valence-electron chi connectivity index (χ0n) is 25.9. The maximum absolute atomic E-state index is 15.4. The number of hydrogen-bond acceptors (Lipinski definition) is 12. The fourth-order valence-electron chi connectivity index (χ4n) is 6.14. The first-order valence-corrected chi connectivity index (χ1v) is 15.5. The normalized spacial score (nSPS) is 19.7. The molecule has 2 N–H and O–H groups in total. The number of aromatic nitrogens is 4. The van der Waals surface area contributed by atoms with Crippen LogP contribution in [0.25, 0.3) is 10.9 Å². The van der Waals surface area contributed by atoms with E-state index in [9.17, 15) is 4.79 Å². The highest BCUT2D eigenvalue weighted by Crippen LogP contribution is 2.35. The number of nitrogens with zero attached hydrogens (tertiary/aromatic N) is 6. The molecular weight excluding hydrogens is 607 g/mol. The van der Waals surface area contributed by atoms with Gasteiger partial charge in [-0.15, -0.1) is 0 Å². The van der Waals surface area contributed by atoms with Gasteiger partial charge in [0, 0.05) is 62.0 Å². The van der Waals surface area contributed by atoms with Crippen LogP contribution in [-0.4, -0.2) is 95.5 Å². The smallest absolute Gasteiger partial charge is 0.245 e. The third-order valence-corrected chi connectivity index (χ3v) is 8.58. The monoisotopic (exact) mass is 642 g/mol. The van der Waals surface area contributed by atoms with Crippen molar-refractivity contribution in [2.75, 3.05) is 62.0 Å². The summed E-state index contributed by atoms with van der Waals surface area (Å²) >= 11 is 0. The largest absolute Gasteiger partial charge is 0.495 e. The number of nitrogens with one attached hydrogen (secondary N) is 2. The lowest BCUT2D eigenvalue weighted by Gasteiger charge is -2.32. The standard InChI is InChI=1S/C33H35FN8O5/c1-3-31(43)41-10-7-20(8-11-41)38-26-15-22-25(16-27(26)44-2)36-19-37-32(22)39-24-5-4-21(14-23(24)34)47-30-6-9-35-33(40-30)42-17-28-29(18-42)46-13-12-45-28/h3-6,9,14-16,19-20,28-29,38H,1,7-8,10-13,17-18H2,2H3,(H,36,37,39)/t28-,29+. The van der Waals surface area contributed by atoms with Crippen LogP contribution < -0.4 is 25.0 Å². The number of fused-ring (bicyclic) bond motifs is 2. The van der Waals surface area contributed by atoms with Gasteiger partial charge >= 0.3 is 0 Å². The van der Waals surface area contributed by atoms with Gasteiger partial charge in [0.25, 0.3) is 0 Å². The van der Waals surface area contributed by atoms with Crippen LogP contribution in [0.1, 0.15) is 12.8 Å². The average Bonchev–Trinajstić information content (AvgIpc) is 3.54. The number of anilines is 4. The van der Waals surface area contributed by atoms with E-state index in [2.05, 4.69) is 37.1 Å². The molecule has 13 nitrogen and oxygen atoms in total. The van der Waals surface area contributed by atoms with Crippen molar-refractivity contribution in [2.45, 2.75) is 31.1 Å². The number of likely N-dealkylation sites (tertiary alicyclic amines) is 1. The lowest BCUT2D eigenvalue weighted by molar-refractivity contribution is -0.126. The van der Waals surface area contributed by atoms with Crippen LogP contribution in [-0.2, 0) is 14.3 Å². The molecule has 4 aromatic rings. The molecule has 5 heterocycles. The Bertz CT molecular complexity index is 1770. The summed E-state index contributed by atoms with van der Waals surface area (Å²) in [6, 6.07) is 10.0. The van der Waals surface area contributed by atoms with Crippen LogP contribution in [0.3, 0.4) is 0 Å². The van der Waals surface area contributed by atoms with Crippen molar-refractivity contribution >= 4 is 40.0 Å². The Morgan fingerprint density at radius 2 is 1.83 bits per heavy atom. The summed E-state index contributed by atoms with van der Waals surface area (Å²) in [6.07, 6.45) is 5.89. The summed E-state index contributed by atoms with van der Waals surface area (Å²) in [4.78, 5) is 33.5. The summed E-state index contributed by atoms with van der Waals surface area (Å²) in [5, 5.41) is 7.34. The Labute approximate surface area is 270 Å². The number of carbonyl (C=O) groups is 1. The van der Waals surface area contributed by atoms with E-state index in [0.717, 1.165) is 18.5 Å². The molecule has 0 aliphatic carbocycles. The van der Waals surface area contributed by atoms with Crippen molar-refractivity contribution in [3.63, 3.8) is 0 Å². The molecule has 0 unspecified atom stereocenters. The molecule has 3 fully saturated rings. The van der Waals surface area contributed by atoms with Crippen LogP contribution >= 0.6 is 0 Å². The highest BCUT2D eigenvalue weighted by molar-refractivity contribution is 5.95. The van der Waals surface area contributed by atoms with E-state index in [4.69, 9.17) is 18.9 Å². The number of rotatable bonds is 9. The lowest BCUT2D eigenvalue weighted by Crippen LogP contribution is -2.41. The number of halogens is 1. The minimum atomic E-state index is -0.533. The maximum Gasteiger partial charge on any atom is 0.245 e. The molecule has 2 aromatic heterocycles. The van der Waals surface area contributed by atoms with E-state index in [-0.39, 0.29) is 35.6 Å². The van der Waals surface area contributed by atoms with Gasteiger partial charge in [-0.1, -0.05) is 6.58 Å². The van der Waals surface area contributed by atoms with E-state index in [1.807, 2.05) is 17.0 Å². The van der Waals surface area contributed by atoms with Gasteiger partial charge in [0.05, 0.1) is 37.2 Å². The molecule has 0 spiro atoms. The van der Waals surface area contributed by atoms with Crippen LogP contribution in [0.15, 0.2) is 61.6 Å². The zero-order chi connectivity index (χ0) is 32.3. The predicted molar refractivity (Wildman–Crippen MR) is 173 cm³/mol. The van der Waals surface area contributed by atoms with E-state index in [1.165, 1.54) is 18.5 Å². The molecule has 0 bridgehead atoms. The van der Waals surface area contributed by atoms with Crippen LogP contribution in [0.2, 0.25) is 0 Å². The lowest BCUT2D eigenvalue weighted by atomic mass is 10.0. The second-order valence-electron chi connectivity index (χ2n) is 11.5. The fraction of sp³-hybridized carbons (Fsp3) is 0.364. The molecule has 7 rings (SSSR count). The number of hydrogen-bond donors (Lipinski definition) is 2. The van der Waals surface area contributed by atoms with Gasteiger partial charge in [0.15, 0.2) is 0 Å². The molecule has 244 valence electrons. The first-order chi connectivity index (χ1) is 23.0. The molecule has 2 atom stereocenters. The van der Waals surface area contributed by atoms with Crippen molar-refractivity contribution in [1.29, 1.82) is 0 Å². The quantitative estimate of drug-likeness (QED) is 0.252. The molecular formula is C33H35FN8O5. The van der Waals surface area contributed by atoms with Gasteiger partial charge in [0.2, 0.25) is 17.7 Å². The van der Waals surface area contributed by atoms with Gasteiger partial charge in [-0.2, -0.15) is 4.98 Å². The predicted octanol–water partition coefficient (Wildman–Crippen LogP) is 4.30. The molecule has 47 heavy (non-hydrogen) atoms. The molecule has 14 heteroatoms. The molecule has 0 saturated carbocycles. The first-order valence-electron chi connectivity index (χ1n) is 15.5. The van der Waals surface area contributed by atoms with Crippen LogP contribution in [0.4, 0.5) is 27.5 Å². The molecule has 1 amide bonds. The Kier molecular flexibility index (Phi) is 8.68. The van der Waals surface area contributed by atoms with E-state index in [1.54, 1.807) is 36.4 Å². The molecule has 3 aliphatic rings. The topological polar surface area (TPSA) is 136 Å². The van der Waals surface area contributed by atoms with Crippen LogP contribution in [0, 0.1) is 5.82 Å². The fourth-order valence-corrected chi connectivity index (χ4v) is 6.14.